The summed E-state index contributed by atoms with van der Waals surface area (Å²) in [7, 11) is 0. The van der Waals surface area contributed by atoms with Crippen LogP contribution in [0.3, 0.4) is 0 Å². The molecule has 59 heavy (non-hydrogen) atoms. The molecule has 0 saturated carbocycles. The summed E-state index contributed by atoms with van der Waals surface area (Å²) < 4.78 is 16.8. The Balaban J connectivity index is 4.37. The smallest absolute Gasteiger partial charge is 0.306 e. The van der Waals surface area contributed by atoms with Crippen molar-refractivity contribution < 1.29 is 28.6 Å². The summed E-state index contributed by atoms with van der Waals surface area (Å²) in [5.41, 5.74) is 0. The minimum atomic E-state index is -0.773. The molecule has 0 heterocycles. The number of allylic oxidation sites excluding steroid dienone is 6. The van der Waals surface area contributed by atoms with E-state index in [-0.39, 0.29) is 31.1 Å². The zero-order valence-corrected chi connectivity index (χ0v) is 39.3. The van der Waals surface area contributed by atoms with Gasteiger partial charge in [-0.15, -0.1) is 0 Å². The quantitative estimate of drug-likeness (QED) is 0.0263. The molecule has 0 rings (SSSR count). The van der Waals surface area contributed by atoms with Crippen LogP contribution < -0.4 is 0 Å². The number of hydrogen-bond donors (Lipinski definition) is 0. The molecule has 0 aliphatic carbocycles. The third-order valence-corrected chi connectivity index (χ3v) is 11.2. The van der Waals surface area contributed by atoms with Gasteiger partial charge >= 0.3 is 17.9 Å². The summed E-state index contributed by atoms with van der Waals surface area (Å²) in [5, 5.41) is 0. The molecule has 0 N–H and O–H groups in total. The fourth-order valence-electron chi connectivity index (χ4n) is 7.34. The predicted octanol–water partition coefficient (Wildman–Crippen LogP) is 16.5. The normalized spacial score (nSPS) is 12.3. The van der Waals surface area contributed by atoms with Crippen molar-refractivity contribution in [3.63, 3.8) is 0 Å². The van der Waals surface area contributed by atoms with Gasteiger partial charge in [0.2, 0.25) is 0 Å². The molecule has 0 aromatic rings. The molecule has 0 aromatic carbocycles. The third-order valence-electron chi connectivity index (χ3n) is 11.2. The minimum Gasteiger partial charge on any atom is -0.462 e. The first-order valence-electron chi connectivity index (χ1n) is 25.5. The van der Waals surface area contributed by atoms with Crippen molar-refractivity contribution in [1.82, 2.24) is 0 Å². The second kappa shape index (κ2) is 48.3. The predicted molar refractivity (Wildman–Crippen MR) is 252 cm³/mol. The van der Waals surface area contributed by atoms with Crippen molar-refractivity contribution in [2.45, 2.75) is 271 Å². The summed E-state index contributed by atoms with van der Waals surface area (Å²) in [6, 6.07) is 0. The maximum atomic E-state index is 12.8. The largest absolute Gasteiger partial charge is 0.462 e. The summed E-state index contributed by atoms with van der Waals surface area (Å²) in [6.07, 6.45) is 55.5. The van der Waals surface area contributed by atoms with Gasteiger partial charge in [0.1, 0.15) is 13.2 Å². The van der Waals surface area contributed by atoms with E-state index in [0.717, 1.165) is 96.3 Å². The molecule has 0 fully saturated rings. The van der Waals surface area contributed by atoms with E-state index >= 15 is 0 Å². The minimum absolute atomic E-state index is 0.0735. The van der Waals surface area contributed by atoms with Gasteiger partial charge in [0.15, 0.2) is 6.10 Å². The van der Waals surface area contributed by atoms with E-state index < -0.39 is 6.10 Å². The average molecular weight is 829 g/mol. The van der Waals surface area contributed by atoms with Gasteiger partial charge < -0.3 is 14.2 Å². The van der Waals surface area contributed by atoms with Crippen molar-refractivity contribution in [2.75, 3.05) is 13.2 Å². The van der Waals surface area contributed by atoms with E-state index in [1.807, 2.05) is 0 Å². The van der Waals surface area contributed by atoms with E-state index in [1.165, 1.54) is 128 Å². The number of hydrogen-bond acceptors (Lipinski definition) is 6. The zero-order valence-electron chi connectivity index (χ0n) is 39.3. The molecular weight excluding hydrogens is 733 g/mol. The number of ether oxygens (including phenoxy) is 3. The summed E-state index contributed by atoms with van der Waals surface area (Å²) in [4.78, 5) is 37.9. The lowest BCUT2D eigenvalue weighted by atomic mass is 10.0. The molecule has 1 atom stereocenters. The van der Waals surface area contributed by atoms with Gasteiger partial charge in [-0.1, -0.05) is 231 Å². The van der Waals surface area contributed by atoms with E-state index in [1.54, 1.807) is 0 Å². The van der Waals surface area contributed by atoms with Crippen LogP contribution in [0.1, 0.15) is 265 Å². The number of rotatable bonds is 46. The van der Waals surface area contributed by atoms with E-state index in [9.17, 15) is 14.4 Å². The van der Waals surface area contributed by atoms with Gasteiger partial charge in [0.05, 0.1) is 0 Å². The fraction of sp³-hybridized carbons (Fsp3) is 0.830. The Morgan fingerprint density at radius 3 is 1.03 bits per heavy atom. The monoisotopic (exact) mass is 829 g/mol. The molecule has 6 heteroatoms. The maximum Gasteiger partial charge on any atom is 0.306 e. The van der Waals surface area contributed by atoms with Gasteiger partial charge in [0, 0.05) is 19.3 Å². The first-order valence-corrected chi connectivity index (χ1v) is 25.5. The molecule has 0 aromatic heterocycles. The first-order chi connectivity index (χ1) is 29.0. The third kappa shape index (κ3) is 46.5. The molecule has 6 nitrogen and oxygen atoms in total. The van der Waals surface area contributed by atoms with Crippen molar-refractivity contribution in [3.8, 4) is 0 Å². The Morgan fingerprint density at radius 1 is 0.356 bits per heavy atom. The lowest BCUT2D eigenvalue weighted by Crippen LogP contribution is -2.30. The van der Waals surface area contributed by atoms with Crippen LogP contribution in [0, 0.1) is 0 Å². The number of carbonyl (C=O) groups excluding carboxylic acids is 3. The molecule has 0 radical (unpaired) electrons. The SMILES string of the molecule is CC/C=C\C/C=C\C/C=C\CCCCCCCC(=O)OCC(COC(=O)CCCCCCCCCCCCCCC)OC(=O)CCCCCCCCCCCCCCC. The van der Waals surface area contributed by atoms with Gasteiger partial charge in [-0.2, -0.15) is 0 Å². The van der Waals surface area contributed by atoms with Gasteiger partial charge in [-0.25, -0.2) is 0 Å². The van der Waals surface area contributed by atoms with Crippen molar-refractivity contribution in [2.24, 2.45) is 0 Å². The van der Waals surface area contributed by atoms with E-state index in [2.05, 4.69) is 57.2 Å². The number of unbranched alkanes of at least 4 members (excludes halogenated alkanes) is 29. The molecule has 0 saturated heterocycles. The van der Waals surface area contributed by atoms with Crippen LogP contribution in [-0.2, 0) is 28.6 Å². The maximum absolute atomic E-state index is 12.8. The van der Waals surface area contributed by atoms with Crippen molar-refractivity contribution in [3.05, 3.63) is 36.5 Å². The summed E-state index contributed by atoms with van der Waals surface area (Å²) in [6.45, 7) is 6.53. The van der Waals surface area contributed by atoms with Crippen LogP contribution >= 0.6 is 0 Å². The van der Waals surface area contributed by atoms with Crippen LogP contribution in [-0.4, -0.2) is 37.2 Å². The summed E-state index contributed by atoms with van der Waals surface area (Å²) in [5.74, 6) is -0.880. The van der Waals surface area contributed by atoms with Crippen LogP contribution in [0.15, 0.2) is 36.5 Å². The Kier molecular flexibility index (Phi) is 46.4. The fourth-order valence-corrected chi connectivity index (χ4v) is 7.34. The molecule has 0 amide bonds. The zero-order chi connectivity index (χ0) is 43.0. The second-order valence-electron chi connectivity index (χ2n) is 17.1. The Bertz CT molecular complexity index is 1000. The molecule has 0 bridgehead atoms. The molecular formula is C53H96O6. The highest BCUT2D eigenvalue weighted by Gasteiger charge is 2.19. The highest BCUT2D eigenvalue weighted by atomic mass is 16.6. The molecule has 344 valence electrons. The van der Waals surface area contributed by atoms with Gasteiger partial charge in [-0.3, -0.25) is 14.4 Å². The van der Waals surface area contributed by atoms with Gasteiger partial charge in [-0.05, 0) is 51.4 Å². The van der Waals surface area contributed by atoms with Crippen LogP contribution in [0.4, 0.5) is 0 Å². The number of carbonyl (C=O) groups is 3. The number of esters is 3. The average Bonchev–Trinajstić information content (AvgIpc) is 3.23. The topological polar surface area (TPSA) is 78.9 Å². The molecule has 0 aliphatic rings. The van der Waals surface area contributed by atoms with Crippen LogP contribution in [0.2, 0.25) is 0 Å². The van der Waals surface area contributed by atoms with Crippen molar-refractivity contribution in [1.29, 1.82) is 0 Å². The summed E-state index contributed by atoms with van der Waals surface area (Å²) >= 11 is 0. The highest BCUT2D eigenvalue weighted by molar-refractivity contribution is 5.71. The van der Waals surface area contributed by atoms with Gasteiger partial charge in [0.25, 0.3) is 0 Å². The second-order valence-corrected chi connectivity index (χ2v) is 17.1. The Morgan fingerprint density at radius 2 is 0.661 bits per heavy atom. The van der Waals surface area contributed by atoms with Crippen LogP contribution in [0.5, 0.6) is 0 Å². The molecule has 0 aliphatic heterocycles. The van der Waals surface area contributed by atoms with Crippen LogP contribution in [0.25, 0.3) is 0 Å². The lowest BCUT2D eigenvalue weighted by Gasteiger charge is -2.18. The highest BCUT2D eigenvalue weighted by Crippen LogP contribution is 2.16. The first kappa shape index (κ1) is 56.6. The molecule has 1 unspecified atom stereocenters. The Hall–Kier alpha value is -2.37. The van der Waals surface area contributed by atoms with E-state index in [0.29, 0.717) is 19.3 Å². The standard InChI is InChI=1S/C53H96O6/c1-4-7-10-13-16-19-22-25-26-29-31-34-37-40-43-46-52(55)58-49-50(59-53(56)47-44-41-38-35-32-28-24-21-18-15-12-9-6-3)48-57-51(54)45-42-39-36-33-30-27-23-20-17-14-11-8-5-2/h7,10,16,19,25-26,50H,4-6,8-9,11-15,17-18,20-24,27-49H2,1-3H3/b10-7-,19-16-,26-25-. The lowest BCUT2D eigenvalue weighted by molar-refractivity contribution is -0.167. The Labute approximate surface area is 365 Å². The van der Waals surface area contributed by atoms with Crippen molar-refractivity contribution >= 4 is 17.9 Å². The molecule has 0 spiro atoms. The van der Waals surface area contributed by atoms with E-state index in [4.69, 9.17) is 14.2 Å².